The highest BCUT2D eigenvalue weighted by atomic mass is 16.6. The molecule has 8 unspecified atom stereocenters. The number of aliphatic carboxylic acids is 1. The first kappa shape index (κ1) is 16.4. The summed E-state index contributed by atoms with van der Waals surface area (Å²) in [4.78, 5) is 37.7. The summed E-state index contributed by atoms with van der Waals surface area (Å²) in [6, 6.07) is 0. The van der Waals surface area contributed by atoms with Gasteiger partial charge >= 0.3 is 11.9 Å². The van der Waals surface area contributed by atoms with Gasteiger partial charge in [0.2, 0.25) is 0 Å². The van der Waals surface area contributed by atoms with Crippen molar-refractivity contribution >= 4 is 17.7 Å². The number of fused-ring (bicyclic) bond motifs is 6. The van der Waals surface area contributed by atoms with E-state index < -0.39 is 52.2 Å². The van der Waals surface area contributed by atoms with Crippen molar-refractivity contribution in [2.24, 2.45) is 34.0 Å². The first-order valence-electron chi connectivity index (χ1n) is 9.19. The lowest BCUT2D eigenvalue weighted by molar-refractivity contribution is -0.157. The van der Waals surface area contributed by atoms with Crippen molar-refractivity contribution < 1.29 is 34.4 Å². The van der Waals surface area contributed by atoms with Crippen LogP contribution in [-0.4, -0.2) is 51.9 Å². The summed E-state index contributed by atoms with van der Waals surface area (Å²) in [5.41, 5.74) is -2.08. The average molecular weight is 362 g/mol. The van der Waals surface area contributed by atoms with Crippen LogP contribution in [0.3, 0.4) is 0 Å². The zero-order chi connectivity index (χ0) is 18.6. The van der Waals surface area contributed by atoms with Crippen LogP contribution in [0, 0.1) is 34.0 Å². The van der Waals surface area contributed by atoms with Crippen LogP contribution in [0.5, 0.6) is 0 Å². The van der Waals surface area contributed by atoms with Crippen LogP contribution in [0.25, 0.3) is 0 Å². The van der Waals surface area contributed by atoms with Gasteiger partial charge in [0.1, 0.15) is 23.4 Å². The summed E-state index contributed by atoms with van der Waals surface area (Å²) in [6.45, 7) is 1.33. The number of hydrogen-bond acceptors (Lipinski definition) is 6. The van der Waals surface area contributed by atoms with E-state index in [1.54, 1.807) is 13.0 Å². The van der Waals surface area contributed by atoms with Gasteiger partial charge in [0.15, 0.2) is 0 Å². The van der Waals surface area contributed by atoms with Gasteiger partial charge in [-0.3, -0.25) is 14.4 Å². The molecule has 1 saturated heterocycles. The van der Waals surface area contributed by atoms with Crippen LogP contribution in [-0.2, 0) is 19.1 Å². The normalized spacial score (nSPS) is 53.8. The van der Waals surface area contributed by atoms with E-state index in [0.717, 1.165) is 5.57 Å². The van der Waals surface area contributed by atoms with Crippen LogP contribution in [0.4, 0.5) is 0 Å². The number of aliphatic hydroxyl groups excluding tert-OH is 2. The van der Waals surface area contributed by atoms with Gasteiger partial charge in [-0.25, -0.2) is 0 Å². The van der Waals surface area contributed by atoms with Gasteiger partial charge in [0, 0.05) is 12.3 Å². The van der Waals surface area contributed by atoms with Crippen molar-refractivity contribution in [3.63, 3.8) is 0 Å². The number of aliphatic hydroxyl groups is 2. The summed E-state index contributed by atoms with van der Waals surface area (Å²) in [7, 11) is 0. The maximum atomic E-state index is 12.8. The molecule has 3 N–H and O–H groups in total. The van der Waals surface area contributed by atoms with Crippen molar-refractivity contribution in [2.75, 3.05) is 6.61 Å². The Morgan fingerprint density at radius 1 is 1.38 bits per heavy atom. The predicted octanol–water partition coefficient (Wildman–Crippen LogP) is 0.288. The van der Waals surface area contributed by atoms with E-state index in [1.807, 2.05) is 0 Å². The van der Waals surface area contributed by atoms with Gasteiger partial charge < -0.3 is 20.1 Å². The average Bonchev–Trinajstić information content (AvgIpc) is 3.05. The SMILES string of the molecule is CC12C(=O)OC(C=C3C4CCC5(CO)CC4(CC5=O)C(C(=O)O)C31)C2O. The number of esters is 1. The highest BCUT2D eigenvalue weighted by molar-refractivity contribution is 5.92. The van der Waals surface area contributed by atoms with Gasteiger partial charge in [-0.1, -0.05) is 5.57 Å². The number of hydrogen-bond donors (Lipinski definition) is 3. The molecule has 8 atom stereocenters. The molecule has 140 valence electrons. The minimum absolute atomic E-state index is 0.0635. The van der Waals surface area contributed by atoms with Crippen molar-refractivity contribution in [1.29, 1.82) is 0 Å². The van der Waals surface area contributed by atoms with Crippen molar-refractivity contribution in [3.05, 3.63) is 11.6 Å². The van der Waals surface area contributed by atoms with Gasteiger partial charge in [0.25, 0.3) is 0 Å². The maximum Gasteiger partial charge on any atom is 0.315 e. The summed E-state index contributed by atoms with van der Waals surface area (Å²) in [6.07, 6.45) is 1.53. The smallest absolute Gasteiger partial charge is 0.315 e. The highest BCUT2D eigenvalue weighted by Crippen LogP contribution is 2.74. The first-order chi connectivity index (χ1) is 12.2. The summed E-state index contributed by atoms with van der Waals surface area (Å²) in [5, 5.41) is 30.7. The van der Waals surface area contributed by atoms with Gasteiger partial charge in [-0.2, -0.15) is 0 Å². The van der Waals surface area contributed by atoms with E-state index in [4.69, 9.17) is 4.74 Å². The molecular formula is C19H22O7. The molecule has 0 aromatic rings. The Bertz CT molecular complexity index is 787. The fraction of sp³-hybridized carbons (Fsp3) is 0.737. The second kappa shape index (κ2) is 4.57. The molecule has 4 bridgehead atoms. The third-order valence-corrected chi connectivity index (χ3v) is 8.25. The van der Waals surface area contributed by atoms with Gasteiger partial charge in [0.05, 0.1) is 17.9 Å². The van der Waals surface area contributed by atoms with E-state index in [2.05, 4.69) is 0 Å². The van der Waals surface area contributed by atoms with Crippen molar-refractivity contribution in [1.82, 2.24) is 0 Å². The molecule has 0 aromatic carbocycles. The van der Waals surface area contributed by atoms with E-state index in [0.29, 0.717) is 19.3 Å². The van der Waals surface area contributed by atoms with Crippen LogP contribution in [0.15, 0.2) is 11.6 Å². The fourth-order valence-electron chi connectivity index (χ4n) is 7.06. The molecule has 1 heterocycles. The molecule has 1 aliphatic heterocycles. The lowest BCUT2D eigenvalue weighted by atomic mass is 9.60. The molecular weight excluding hydrogens is 340 g/mol. The minimum atomic E-state index is -1.31. The number of carbonyl (C=O) groups is 3. The molecule has 0 radical (unpaired) electrons. The topological polar surface area (TPSA) is 121 Å². The first-order valence-corrected chi connectivity index (χ1v) is 9.19. The van der Waals surface area contributed by atoms with E-state index in [9.17, 15) is 29.7 Å². The molecule has 0 amide bonds. The van der Waals surface area contributed by atoms with E-state index >= 15 is 0 Å². The monoisotopic (exact) mass is 362 g/mol. The number of rotatable bonds is 2. The number of ether oxygens (including phenoxy) is 1. The largest absolute Gasteiger partial charge is 0.481 e. The quantitative estimate of drug-likeness (QED) is 0.477. The molecule has 3 saturated carbocycles. The zero-order valence-electron chi connectivity index (χ0n) is 14.5. The summed E-state index contributed by atoms with van der Waals surface area (Å²) >= 11 is 0. The molecule has 7 heteroatoms. The second-order valence-electron chi connectivity index (χ2n) is 9.10. The lowest BCUT2D eigenvalue weighted by Crippen LogP contribution is -2.50. The molecule has 4 aliphatic carbocycles. The Kier molecular flexibility index (Phi) is 2.89. The van der Waals surface area contributed by atoms with E-state index in [1.165, 1.54) is 0 Å². The molecule has 5 aliphatic rings. The number of ketones is 1. The minimum Gasteiger partial charge on any atom is -0.481 e. The van der Waals surface area contributed by atoms with Gasteiger partial charge in [-0.05, 0) is 43.6 Å². The Morgan fingerprint density at radius 2 is 2.12 bits per heavy atom. The van der Waals surface area contributed by atoms with E-state index in [-0.39, 0.29) is 24.7 Å². The third kappa shape index (κ3) is 1.49. The number of Topliss-reactive ketones (excluding diaryl/α,β-unsaturated/α-hetero) is 1. The van der Waals surface area contributed by atoms with Crippen LogP contribution < -0.4 is 0 Å². The number of carbonyl (C=O) groups excluding carboxylic acids is 2. The molecule has 0 aromatic heterocycles. The van der Waals surface area contributed by atoms with Crippen LogP contribution in [0.1, 0.15) is 32.6 Å². The number of carboxylic acids is 1. The third-order valence-electron chi connectivity index (χ3n) is 8.25. The molecule has 7 nitrogen and oxygen atoms in total. The Hall–Kier alpha value is -1.73. The van der Waals surface area contributed by atoms with Crippen molar-refractivity contribution in [2.45, 2.75) is 44.8 Å². The summed E-state index contributed by atoms with van der Waals surface area (Å²) in [5.74, 6) is -3.41. The molecule has 4 fully saturated rings. The maximum absolute atomic E-state index is 12.8. The molecule has 1 spiro atoms. The standard InChI is InChI=1S/C19H22O7/c1-17-12-8(4-10(14(17)22)26-16(17)25)9-2-3-18(7-20)6-19(9,5-11(18)21)13(12)15(23)24/h4,9-10,12-14,20,22H,2-3,5-7H2,1H3,(H,23,24). The van der Waals surface area contributed by atoms with Crippen LogP contribution >= 0.6 is 0 Å². The number of carboxylic acid groups (broad SMARTS) is 1. The second-order valence-corrected chi connectivity index (χ2v) is 9.10. The summed E-state index contributed by atoms with van der Waals surface area (Å²) < 4.78 is 5.32. The lowest BCUT2D eigenvalue weighted by Gasteiger charge is -2.42. The zero-order valence-corrected chi connectivity index (χ0v) is 14.5. The Balaban J connectivity index is 1.73. The Morgan fingerprint density at radius 3 is 2.77 bits per heavy atom. The van der Waals surface area contributed by atoms with Crippen molar-refractivity contribution in [3.8, 4) is 0 Å². The van der Waals surface area contributed by atoms with Gasteiger partial charge in [-0.15, -0.1) is 0 Å². The molecule has 5 rings (SSSR count). The predicted molar refractivity (Wildman–Crippen MR) is 85.6 cm³/mol. The number of allylic oxidation sites excluding steroid dienone is 1. The fourth-order valence-corrected chi connectivity index (χ4v) is 7.06. The molecule has 26 heavy (non-hydrogen) atoms. The highest BCUT2D eigenvalue weighted by Gasteiger charge is 2.76. The Labute approximate surface area is 150 Å². The van der Waals surface area contributed by atoms with Crippen LogP contribution in [0.2, 0.25) is 0 Å².